The Balaban J connectivity index is 1.83. The van der Waals surface area contributed by atoms with Gasteiger partial charge in [-0.2, -0.15) is 0 Å². The number of carbonyl (C=O) groups is 1. The van der Waals surface area contributed by atoms with Crippen molar-refractivity contribution < 1.29 is 14.2 Å². The number of nitrogen functional groups attached to an aromatic ring is 1. The maximum Gasteiger partial charge on any atom is 0.255 e. The highest BCUT2D eigenvalue weighted by Crippen LogP contribution is 2.30. The fourth-order valence-electron chi connectivity index (χ4n) is 2.55. The molecule has 3 heterocycles. The summed E-state index contributed by atoms with van der Waals surface area (Å²) in [6.45, 7) is -0.189. The van der Waals surface area contributed by atoms with Crippen molar-refractivity contribution >= 4 is 22.8 Å². The summed E-state index contributed by atoms with van der Waals surface area (Å²) < 4.78 is 11.8. The molecule has 26 heavy (non-hydrogen) atoms. The third-order valence-electron chi connectivity index (χ3n) is 3.66. The van der Waals surface area contributed by atoms with E-state index in [0.717, 1.165) is 11.2 Å². The van der Waals surface area contributed by atoms with Crippen LogP contribution in [-0.4, -0.2) is 37.4 Å². The molecule has 0 aliphatic rings. The third-order valence-corrected chi connectivity index (χ3v) is 3.66. The molecular formula is C16H13N7O3. The second kappa shape index (κ2) is 6.16. The van der Waals surface area contributed by atoms with Crippen LogP contribution >= 0.6 is 0 Å². The van der Waals surface area contributed by atoms with Gasteiger partial charge in [0.1, 0.15) is 11.3 Å². The van der Waals surface area contributed by atoms with E-state index in [1.54, 1.807) is 24.5 Å². The fourth-order valence-corrected chi connectivity index (χ4v) is 2.55. The normalized spacial score (nSPS) is 10.9. The first-order valence-electron chi connectivity index (χ1n) is 7.56. The third kappa shape index (κ3) is 2.69. The van der Waals surface area contributed by atoms with Crippen LogP contribution in [0.1, 0.15) is 0 Å². The van der Waals surface area contributed by atoms with Crippen molar-refractivity contribution in [2.45, 2.75) is 0 Å². The molecular weight excluding hydrogens is 338 g/mol. The van der Waals surface area contributed by atoms with Crippen molar-refractivity contribution in [1.82, 2.24) is 24.8 Å². The van der Waals surface area contributed by atoms with Gasteiger partial charge in [0.05, 0.1) is 11.7 Å². The number of nitrogens with two attached hydrogens (primary N) is 2. The van der Waals surface area contributed by atoms with Crippen LogP contribution in [0.25, 0.3) is 28.2 Å². The number of rotatable bonds is 5. The van der Waals surface area contributed by atoms with Crippen molar-refractivity contribution in [1.29, 1.82) is 0 Å². The van der Waals surface area contributed by atoms with Crippen molar-refractivity contribution in [3.05, 3.63) is 42.7 Å². The number of ether oxygens (including phenoxy) is 1. The summed E-state index contributed by atoms with van der Waals surface area (Å²) >= 11 is 0. The summed E-state index contributed by atoms with van der Waals surface area (Å²) in [6, 6.07) is 8.89. The molecule has 4 aromatic rings. The van der Waals surface area contributed by atoms with Crippen LogP contribution in [0.4, 0.5) is 5.82 Å². The van der Waals surface area contributed by atoms with Crippen LogP contribution < -0.4 is 16.2 Å². The highest BCUT2D eigenvalue weighted by atomic mass is 16.6. The summed E-state index contributed by atoms with van der Waals surface area (Å²) in [5.41, 5.74) is 13.5. The van der Waals surface area contributed by atoms with Gasteiger partial charge in [-0.3, -0.25) is 14.3 Å². The summed E-state index contributed by atoms with van der Waals surface area (Å²) in [5.74, 6) is 0.578. The Hall–Kier alpha value is -3.95. The number of primary amides is 1. The molecule has 1 amide bonds. The van der Waals surface area contributed by atoms with Crippen LogP contribution in [-0.2, 0) is 4.79 Å². The molecule has 3 aromatic heterocycles. The largest absolute Gasteiger partial charge is 0.484 e. The number of hydrogen-bond donors (Lipinski definition) is 2. The molecule has 1 aromatic carbocycles. The number of aromatic nitrogens is 5. The molecule has 0 fully saturated rings. The number of nitrogens with zero attached hydrogens (tertiary/aromatic N) is 5. The van der Waals surface area contributed by atoms with Crippen LogP contribution in [0.3, 0.4) is 0 Å². The molecule has 0 saturated carbocycles. The molecule has 0 radical (unpaired) electrons. The van der Waals surface area contributed by atoms with E-state index in [1.807, 2.05) is 22.8 Å². The van der Waals surface area contributed by atoms with E-state index >= 15 is 0 Å². The van der Waals surface area contributed by atoms with Crippen LogP contribution in [0.15, 0.2) is 47.4 Å². The zero-order chi connectivity index (χ0) is 18.1. The number of amides is 1. The average molecular weight is 351 g/mol. The van der Waals surface area contributed by atoms with E-state index in [2.05, 4.69) is 20.3 Å². The molecule has 0 unspecified atom stereocenters. The Labute approximate surface area is 146 Å². The van der Waals surface area contributed by atoms with Crippen LogP contribution in [0.5, 0.6) is 5.75 Å². The summed E-state index contributed by atoms with van der Waals surface area (Å²) in [5, 5.41) is 7.45. The van der Waals surface area contributed by atoms with Gasteiger partial charge in [0.15, 0.2) is 23.9 Å². The molecule has 0 atom stereocenters. The number of carbonyl (C=O) groups excluding carboxylic acids is 1. The van der Waals surface area contributed by atoms with Gasteiger partial charge in [-0.25, -0.2) is 9.61 Å². The van der Waals surface area contributed by atoms with Gasteiger partial charge >= 0.3 is 0 Å². The van der Waals surface area contributed by atoms with Gasteiger partial charge in [-0.1, -0.05) is 0 Å². The molecule has 10 heteroatoms. The smallest absolute Gasteiger partial charge is 0.255 e. The summed E-state index contributed by atoms with van der Waals surface area (Å²) in [4.78, 5) is 19.5. The molecule has 10 nitrogen and oxygen atoms in total. The number of hydrogen-bond acceptors (Lipinski definition) is 8. The quantitative estimate of drug-likeness (QED) is 0.539. The molecule has 0 bridgehead atoms. The zero-order valence-electron chi connectivity index (χ0n) is 13.4. The van der Waals surface area contributed by atoms with E-state index in [-0.39, 0.29) is 12.4 Å². The molecule has 4 rings (SSSR count). The average Bonchev–Trinajstić information content (AvgIpc) is 3.23. The minimum atomic E-state index is -0.543. The standard InChI is InChI=1S/C16H13N7O3/c17-13(24)8-25-10-3-1-9(2-4-10)23-12-5-6-19-7-11(12)20-16(23)14-15(18)22-26-21-14/h1-7H,8H2,(H2,17,24)(H2,18,22). The molecule has 130 valence electrons. The van der Waals surface area contributed by atoms with Gasteiger partial charge in [0, 0.05) is 11.9 Å². The van der Waals surface area contributed by atoms with E-state index < -0.39 is 5.91 Å². The molecule has 0 aliphatic heterocycles. The highest BCUT2D eigenvalue weighted by Gasteiger charge is 2.20. The lowest BCUT2D eigenvalue weighted by atomic mass is 10.2. The maximum atomic E-state index is 10.8. The van der Waals surface area contributed by atoms with Gasteiger partial charge in [-0.05, 0) is 40.6 Å². The Bertz CT molecular complexity index is 1080. The highest BCUT2D eigenvalue weighted by molar-refractivity contribution is 5.83. The lowest BCUT2D eigenvalue weighted by molar-refractivity contribution is -0.119. The van der Waals surface area contributed by atoms with E-state index in [9.17, 15) is 4.79 Å². The summed E-state index contributed by atoms with van der Waals surface area (Å²) in [6.07, 6.45) is 3.31. The Kier molecular flexibility index (Phi) is 3.69. The van der Waals surface area contributed by atoms with Crippen molar-refractivity contribution in [2.24, 2.45) is 5.73 Å². The van der Waals surface area contributed by atoms with E-state index in [4.69, 9.17) is 20.8 Å². The lowest BCUT2D eigenvalue weighted by Gasteiger charge is -2.09. The molecule has 0 aliphatic carbocycles. The van der Waals surface area contributed by atoms with Gasteiger partial charge in [0.25, 0.3) is 5.91 Å². The SMILES string of the molecule is NC(=O)COc1ccc(-n2c(-c3nonc3N)nc3cnccc32)cc1. The first kappa shape index (κ1) is 15.6. The van der Waals surface area contributed by atoms with Crippen LogP contribution in [0, 0.1) is 0 Å². The van der Waals surface area contributed by atoms with Crippen molar-refractivity contribution in [3.63, 3.8) is 0 Å². The molecule has 4 N–H and O–H groups in total. The number of pyridine rings is 1. The summed E-state index contributed by atoms with van der Waals surface area (Å²) in [7, 11) is 0. The van der Waals surface area contributed by atoms with Crippen LogP contribution in [0.2, 0.25) is 0 Å². The molecule has 0 saturated heterocycles. The molecule has 0 spiro atoms. The maximum absolute atomic E-state index is 10.8. The minimum Gasteiger partial charge on any atom is -0.484 e. The fraction of sp³-hybridized carbons (Fsp3) is 0.0625. The lowest BCUT2D eigenvalue weighted by Crippen LogP contribution is -2.19. The number of anilines is 1. The predicted octanol–water partition coefficient (Wildman–Crippen LogP) is 0.917. The topological polar surface area (TPSA) is 148 Å². The minimum absolute atomic E-state index is 0.135. The monoisotopic (exact) mass is 351 g/mol. The Morgan fingerprint density at radius 1 is 1.19 bits per heavy atom. The second-order valence-electron chi connectivity index (χ2n) is 5.38. The second-order valence-corrected chi connectivity index (χ2v) is 5.38. The van der Waals surface area contributed by atoms with E-state index in [1.165, 1.54) is 0 Å². The Morgan fingerprint density at radius 2 is 2.00 bits per heavy atom. The van der Waals surface area contributed by atoms with Gasteiger partial charge in [-0.15, -0.1) is 0 Å². The van der Waals surface area contributed by atoms with Crippen molar-refractivity contribution in [3.8, 4) is 23.0 Å². The number of imidazole rings is 1. The Morgan fingerprint density at radius 3 is 2.69 bits per heavy atom. The van der Waals surface area contributed by atoms with E-state index in [0.29, 0.717) is 22.8 Å². The van der Waals surface area contributed by atoms with Gasteiger partial charge < -0.3 is 16.2 Å². The zero-order valence-corrected chi connectivity index (χ0v) is 13.4. The first-order valence-corrected chi connectivity index (χ1v) is 7.56. The van der Waals surface area contributed by atoms with Gasteiger partial charge in [0.2, 0.25) is 0 Å². The number of benzene rings is 1. The first-order chi connectivity index (χ1) is 12.6. The number of fused-ring (bicyclic) bond motifs is 1. The van der Waals surface area contributed by atoms with Crippen molar-refractivity contribution in [2.75, 3.05) is 12.3 Å². The predicted molar refractivity (Wildman–Crippen MR) is 91.3 cm³/mol.